The topological polar surface area (TPSA) is 63.6 Å². The average Bonchev–Trinajstić information content (AvgIpc) is 2.74. The molecule has 27 heavy (non-hydrogen) atoms. The van der Waals surface area contributed by atoms with Gasteiger partial charge in [0.05, 0.1) is 5.69 Å². The normalized spacial score (nSPS) is 10.6. The molecule has 3 heterocycles. The maximum absolute atomic E-state index is 5.95. The second-order valence-corrected chi connectivity index (χ2v) is 6.33. The molecule has 3 aromatic heterocycles. The molecule has 0 fully saturated rings. The zero-order valence-electron chi connectivity index (χ0n) is 14.4. The molecule has 0 saturated carbocycles. The van der Waals surface area contributed by atoms with E-state index in [1.54, 1.807) is 18.6 Å². The van der Waals surface area contributed by atoms with Crippen molar-refractivity contribution in [3.05, 3.63) is 89.8 Å². The van der Waals surface area contributed by atoms with Crippen LogP contribution >= 0.6 is 11.6 Å². The fourth-order valence-electron chi connectivity index (χ4n) is 2.61. The Morgan fingerprint density at radius 2 is 1.63 bits per heavy atom. The molecule has 0 amide bonds. The molecule has 0 atom stereocenters. The van der Waals surface area contributed by atoms with Crippen molar-refractivity contribution in [2.75, 3.05) is 5.32 Å². The standard InChI is InChI=1S/C21H16ClN5/c22-17-6-4-15(5-7-17)14-25-20-13-19(16-8-11-23-12-9-16)26-21(27-20)18-3-1-2-10-24-18/h1-13H,14H2,(H,25,26,27). The van der Waals surface area contributed by atoms with Crippen molar-refractivity contribution in [3.8, 4) is 22.8 Å². The maximum Gasteiger partial charge on any atom is 0.180 e. The van der Waals surface area contributed by atoms with Crippen LogP contribution in [-0.4, -0.2) is 19.9 Å². The molecule has 0 radical (unpaired) electrons. The first-order chi connectivity index (χ1) is 13.3. The van der Waals surface area contributed by atoms with Crippen LogP contribution in [-0.2, 0) is 6.54 Å². The summed E-state index contributed by atoms with van der Waals surface area (Å²) in [6.07, 6.45) is 5.23. The fourth-order valence-corrected chi connectivity index (χ4v) is 2.74. The molecular weight excluding hydrogens is 358 g/mol. The molecule has 0 spiro atoms. The quantitative estimate of drug-likeness (QED) is 0.541. The van der Waals surface area contributed by atoms with Crippen molar-refractivity contribution < 1.29 is 0 Å². The van der Waals surface area contributed by atoms with E-state index in [0.717, 1.165) is 33.4 Å². The molecule has 1 aromatic carbocycles. The molecule has 6 heteroatoms. The summed E-state index contributed by atoms with van der Waals surface area (Å²) < 4.78 is 0. The highest BCUT2D eigenvalue weighted by atomic mass is 35.5. The summed E-state index contributed by atoms with van der Waals surface area (Å²) in [5.41, 5.74) is 3.62. The van der Waals surface area contributed by atoms with Gasteiger partial charge in [0.1, 0.15) is 11.5 Å². The third-order valence-corrected chi connectivity index (χ3v) is 4.24. The Balaban J connectivity index is 1.68. The molecule has 132 valence electrons. The van der Waals surface area contributed by atoms with E-state index in [1.807, 2.05) is 60.7 Å². The molecule has 0 saturated heterocycles. The molecule has 0 aliphatic rings. The molecule has 0 aliphatic heterocycles. The zero-order valence-corrected chi connectivity index (χ0v) is 15.1. The number of halogens is 1. The van der Waals surface area contributed by atoms with Crippen molar-refractivity contribution in [3.63, 3.8) is 0 Å². The minimum atomic E-state index is 0.573. The van der Waals surface area contributed by atoms with E-state index in [9.17, 15) is 0 Å². The number of pyridine rings is 2. The first-order valence-corrected chi connectivity index (χ1v) is 8.85. The summed E-state index contributed by atoms with van der Waals surface area (Å²) in [5, 5.41) is 4.08. The lowest BCUT2D eigenvalue weighted by atomic mass is 10.2. The Bertz CT molecular complexity index is 964. The van der Waals surface area contributed by atoms with Gasteiger partial charge in [0.2, 0.25) is 0 Å². The lowest BCUT2D eigenvalue weighted by Gasteiger charge is -2.10. The maximum atomic E-state index is 5.95. The summed E-state index contributed by atoms with van der Waals surface area (Å²) >= 11 is 5.95. The summed E-state index contributed by atoms with van der Waals surface area (Å²) in [5.74, 6) is 1.30. The highest BCUT2D eigenvalue weighted by Crippen LogP contribution is 2.23. The van der Waals surface area contributed by atoms with Crippen molar-refractivity contribution in [2.45, 2.75) is 6.54 Å². The van der Waals surface area contributed by atoms with Crippen LogP contribution in [0.3, 0.4) is 0 Å². The highest BCUT2D eigenvalue weighted by molar-refractivity contribution is 6.30. The van der Waals surface area contributed by atoms with Crippen LogP contribution in [0.25, 0.3) is 22.8 Å². The van der Waals surface area contributed by atoms with E-state index < -0.39 is 0 Å². The predicted octanol–water partition coefficient (Wildman–Crippen LogP) is 4.87. The van der Waals surface area contributed by atoms with Crippen LogP contribution in [0.2, 0.25) is 5.02 Å². The van der Waals surface area contributed by atoms with E-state index in [-0.39, 0.29) is 0 Å². The van der Waals surface area contributed by atoms with Crippen molar-refractivity contribution in [2.24, 2.45) is 0 Å². The van der Waals surface area contributed by atoms with Gasteiger partial charge in [0.15, 0.2) is 5.82 Å². The van der Waals surface area contributed by atoms with Gasteiger partial charge in [-0.3, -0.25) is 9.97 Å². The average molecular weight is 374 g/mol. The Kier molecular flexibility index (Phi) is 5.03. The Hall–Kier alpha value is -3.31. The largest absolute Gasteiger partial charge is 0.366 e. The third-order valence-electron chi connectivity index (χ3n) is 3.98. The summed E-state index contributed by atoms with van der Waals surface area (Å²) in [6.45, 7) is 0.631. The zero-order chi connectivity index (χ0) is 18.5. The number of anilines is 1. The van der Waals surface area contributed by atoms with Gasteiger partial charge in [-0.1, -0.05) is 29.8 Å². The van der Waals surface area contributed by atoms with Crippen LogP contribution in [0.5, 0.6) is 0 Å². The molecule has 1 N–H and O–H groups in total. The number of hydrogen-bond donors (Lipinski definition) is 1. The minimum Gasteiger partial charge on any atom is -0.366 e. The Labute approximate surface area is 162 Å². The molecule has 4 aromatic rings. The summed E-state index contributed by atoms with van der Waals surface area (Å²) in [4.78, 5) is 17.8. The van der Waals surface area contributed by atoms with Gasteiger partial charge in [0.25, 0.3) is 0 Å². The predicted molar refractivity (Wildman–Crippen MR) is 107 cm³/mol. The number of rotatable bonds is 5. The van der Waals surface area contributed by atoms with E-state index in [2.05, 4.69) is 25.3 Å². The number of aromatic nitrogens is 4. The highest BCUT2D eigenvalue weighted by Gasteiger charge is 2.09. The molecular formula is C21H16ClN5. The van der Waals surface area contributed by atoms with Gasteiger partial charge in [-0.25, -0.2) is 9.97 Å². The van der Waals surface area contributed by atoms with Gasteiger partial charge < -0.3 is 5.32 Å². The van der Waals surface area contributed by atoms with Gasteiger partial charge in [-0.15, -0.1) is 0 Å². The fraction of sp³-hybridized carbons (Fsp3) is 0.0476. The van der Waals surface area contributed by atoms with E-state index in [4.69, 9.17) is 11.6 Å². The smallest absolute Gasteiger partial charge is 0.180 e. The van der Waals surface area contributed by atoms with Crippen LogP contribution < -0.4 is 5.32 Å². The van der Waals surface area contributed by atoms with Gasteiger partial charge in [-0.2, -0.15) is 0 Å². The van der Waals surface area contributed by atoms with Gasteiger partial charge in [-0.05, 0) is 42.0 Å². The number of benzene rings is 1. The monoisotopic (exact) mass is 373 g/mol. The van der Waals surface area contributed by atoms with Crippen LogP contribution in [0, 0.1) is 0 Å². The first kappa shape index (κ1) is 17.1. The number of nitrogens with one attached hydrogen (secondary N) is 1. The van der Waals surface area contributed by atoms with Gasteiger partial charge >= 0.3 is 0 Å². The van der Waals surface area contributed by atoms with Crippen LogP contribution in [0.1, 0.15) is 5.56 Å². The number of nitrogens with zero attached hydrogens (tertiary/aromatic N) is 4. The lowest BCUT2D eigenvalue weighted by molar-refractivity contribution is 1.08. The molecule has 5 nitrogen and oxygen atoms in total. The van der Waals surface area contributed by atoms with Crippen LogP contribution in [0.4, 0.5) is 5.82 Å². The van der Waals surface area contributed by atoms with E-state index in [0.29, 0.717) is 12.4 Å². The second-order valence-electron chi connectivity index (χ2n) is 5.89. The second kappa shape index (κ2) is 7.93. The van der Waals surface area contributed by atoms with Crippen molar-refractivity contribution >= 4 is 17.4 Å². The Morgan fingerprint density at radius 1 is 0.815 bits per heavy atom. The molecule has 0 bridgehead atoms. The minimum absolute atomic E-state index is 0.573. The Morgan fingerprint density at radius 3 is 2.37 bits per heavy atom. The van der Waals surface area contributed by atoms with Crippen molar-refractivity contribution in [1.82, 2.24) is 19.9 Å². The SMILES string of the molecule is Clc1ccc(CNc2cc(-c3ccncc3)nc(-c3ccccn3)n2)cc1. The van der Waals surface area contributed by atoms with Gasteiger partial charge in [0, 0.05) is 41.8 Å². The lowest BCUT2D eigenvalue weighted by Crippen LogP contribution is -2.04. The first-order valence-electron chi connectivity index (χ1n) is 8.47. The summed E-state index contributed by atoms with van der Waals surface area (Å²) in [7, 11) is 0. The van der Waals surface area contributed by atoms with E-state index >= 15 is 0 Å². The summed E-state index contributed by atoms with van der Waals surface area (Å²) in [6, 6.07) is 19.2. The van der Waals surface area contributed by atoms with Crippen molar-refractivity contribution in [1.29, 1.82) is 0 Å². The molecule has 0 unspecified atom stereocenters. The molecule has 0 aliphatic carbocycles. The molecule has 4 rings (SSSR count). The number of hydrogen-bond acceptors (Lipinski definition) is 5. The van der Waals surface area contributed by atoms with E-state index in [1.165, 1.54) is 0 Å². The third kappa shape index (κ3) is 4.27. The van der Waals surface area contributed by atoms with Crippen LogP contribution in [0.15, 0.2) is 79.3 Å².